The van der Waals surface area contributed by atoms with Crippen molar-refractivity contribution in [3.63, 3.8) is 0 Å². The van der Waals surface area contributed by atoms with Crippen molar-refractivity contribution < 1.29 is 35.1 Å². The van der Waals surface area contributed by atoms with Crippen molar-refractivity contribution in [2.24, 2.45) is 0 Å². The number of aryl methyl sites for hydroxylation is 1. The summed E-state index contributed by atoms with van der Waals surface area (Å²) in [5, 5.41) is 0. The Hall–Kier alpha value is -3.88. The molecule has 0 spiro atoms. The number of fused-ring (bicyclic) bond motifs is 3. The van der Waals surface area contributed by atoms with Crippen LogP contribution in [0.15, 0.2) is 42.5 Å². The third-order valence-corrected chi connectivity index (χ3v) is 5.98. The molecule has 0 saturated carbocycles. The van der Waals surface area contributed by atoms with Crippen LogP contribution in [0.3, 0.4) is 0 Å². The van der Waals surface area contributed by atoms with Crippen molar-refractivity contribution in [1.82, 2.24) is 0 Å². The van der Waals surface area contributed by atoms with E-state index in [1.807, 2.05) is 0 Å². The molecule has 0 saturated heterocycles. The molecule has 1 aliphatic carbocycles. The Labute approximate surface area is 220 Å². The third kappa shape index (κ3) is 5.48. The fraction of sp³-hybridized carbons (Fsp3) is 0.200. The van der Waals surface area contributed by atoms with Gasteiger partial charge in [-0.25, -0.2) is 35.1 Å². The Bertz CT molecular complexity index is 1420. The molecule has 0 aromatic heterocycles. The van der Waals surface area contributed by atoms with Gasteiger partial charge in [-0.2, -0.15) is 0 Å². The van der Waals surface area contributed by atoms with E-state index >= 15 is 0 Å². The van der Waals surface area contributed by atoms with Gasteiger partial charge in [0.05, 0.1) is 11.1 Å². The van der Waals surface area contributed by atoms with E-state index in [2.05, 4.69) is 63.2 Å². The molecule has 206 valence electrons. The van der Waals surface area contributed by atoms with Gasteiger partial charge in [0.2, 0.25) is 0 Å². The summed E-state index contributed by atoms with van der Waals surface area (Å²) in [7, 11) is 0. The maximum Gasteiger partial charge on any atom is 0.185 e. The molecule has 2 N–H and O–H groups in total. The number of nitrogen functional groups attached to an aromatic ring is 1. The maximum absolute atomic E-state index is 13.7. The van der Waals surface area contributed by atoms with Gasteiger partial charge in [-0.05, 0) is 42.5 Å². The number of anilines is 1. The highest BCUT2D eigenvalue weighted by Gasteiger charge is 2.32. The number of halogens is 8. The predicted octanol–water partition coefficient (Wildman–Crippen LogP) is 9.34. The zero-order valence-corrected chi connectivity index (χ0v) is 21.6. The largest absolute Gasteiger partial charge is 0.394 e. The molecule has 0 radical (unpaired) electrons. The Morgan fingerprint density at radius 1 is 0.590 bits per heavy atom. The van der Waals surface area contributed by atoms with Crippen LogP contribution in [-0.4, -0.2) is 0 Å². The molecular weight excluding hydrogens is 526 g/mol. The van der Waals surface area contributed by atoms with E-state index in [0.717, 1.165) is 6.42 Å². The molecule has 1 aliphatic rings. The summed E-state index contributed by atoms with van der Waals surface area (Å²) in [6.45, 7) is 7.07. The van der Waals surface area contributed by atoms with E-state index in [0.29, 0.717) is 6.92 Å². The van der Waals surface area contributed by atoms with E-state index in [1.54, 1.807) is 0 Å². The minimum absolute atomic E-state index is 0.664. The van der Waals surface area contributed by atoms with Crippen molar-refractivity contribution in [3.05, 3.63) is 111 Å². The van der Waals surface area contributed by atoms with Crippen LogP contribution >= 0.6 is 0 Å². The standard InChI is InChI=1S/C14H12.C13H5F8N.C3H8/c1-10-6-7-14-12(8-10)9-11-4-2-3-5-13(11)14;1-2-5(14)7(16)3(8(17)6(2)15)4-9(18)11(20)13(22)12(21)10(4)19;1-3-2/h2-8H,9H2,1H3;22H2,1H3;3H2,1-2H3. The predicted molar refractivity (Wildman–Crippen MR) is 136 cm³/mol. The smallest absolute Gasteiger partial charge is 0.185 e. The van der Waals surface area contributed by atoms with Gasteiger partial charge in [-0.1, -0.05) is 68.3 Å². The van der Waals surface area contributed by atoms with Crippen LogP contribution in [0.4, 0.5) is 40.8 Å². The topological polar surface area (TPSA) is 26.0 Å². The van der Waals surface area contributed by atoms with Crippen molar-refractivity contribution in [1.29, 1.82) is 0 Å². The van der Waals surface area contributed by atoms with Crippen LogP contribution in [0.5, 0.6) is 0 Å². The summed E-state index contributed by atoms with van der Waals surface area (Å²) in [5.74, 6) is -17.1. The van der Waals surface area contributed by atoms with Gasteiger partial charge in [0.25, 0.3) is 0 Å². The second kappa shape index (κ2) is 11.9. The monoisotopic (exact) mass is 551 g/mol. The Morgan fingerprint density at radius 3 is 1.54 bits per heavy atom. The second-order valence-corrected chi connectivity index (χ2v) is 9.00. The van der Waals surface area contributed by atoms with Crippen molar-refractivity contribution in [2.75, 3.05) is 5.73 Å². The van der Waals surface area contributed by atoms with E-state index in [9.17, 15) is 35.1 Å². The highest BCUT2D eigenvalue weighted by Crippen LogP contribution is 2.39. The SMILES string of the molecule is CCC.Cc1c(F)c(F)c(-c2c(F)c(F)c(N)c(F)c2F)c(F)c1F.Cc1ccc2c(c1)Cc1ccccc1-2. The van der Waals surface area contributed by atoms with E-state index in [1.165, 1.54) is 34.2 Å². The first kappa shape index (κ1) is 29.7. The fourth-order valence-corrected chi connectivity index (χ4v) is 4.10. The molecule has 39 heavy (non-hydrogen) atoms. The number of hydrogen-bond acceptors (Lipinski definition) is 1. The van der Waals surface area contributed by atoms with E-state index in [4.69, 9.17) is 5.73 Å². The summed E-state index contributed by atoms with van der Waals surface area (Å²) >= 11 is 0. The fourth-order valence-electron chi connectivity index (χ4n) is 4.10. The Kier molecular flexibility index (Phi) is 9.04. The minimum atomic E-state index is -2.28. The number of nitrogens with two attached hydrogens (primary N) is 1. The molecule has 4 aromatic carbocycles. The summed E-state index contributed by atoms with van der Waals surface area (Å²) in [5.41, 5.74) is 5.35. The number of benzene rings is 4. The van der Waals surface area contributed by atoms with Crippen LogP contribution in [0.25, 0.3) is 22.3 Å². The van der Waals surface area contributed by atoms with Gasteiger partial charge in [-0.15, -0.1) is 0 Å². The summed E-state index contributed by atoms with van der Waals surface area (Å²) < 4.78 is 108. The first-order valence-corrected chi connectivity index (χ1v) is 12.0. The quantitative estimate of drug-likeness (QED) is 0.125. The number of rotatable bonds is 1. The Balaban J connectivity index is 0.000000210. The van der Waals surface area contributed by atoms with Gasteiger partial charge in [-0.3, -0.25) is 0 Å². The molecule has 9 heteroatoms. The molecule has 0 fully saturated rings. The molecular formula is C30H25F8N. The first-order chi connectivity index (χ1) is 18.4. The molecule has 0 atom stereocenters. The van der Waals surface area contributed by atoms with E-state index < -0.39 is 68.9 Å². The van der Waals surface area contributed by atoms with Crippen LogP contribution in [0.1, 0.15) is 42.5 Å². The molecule has 0 amide bonds. The molecule has 0 heterocycles. The van der Waals surface area contributed by atoms with Gasteiger partial charge in [0.1, 0.15) is 5.69 Å². The normalized spacial score (nSPS) is 11.2. The van der Waals surface area contributed by atoms with Crippen LogP contribution in [-0.2, 0) is 6.42 Å². The van der Waals surface area contributed by atoms with Crippen LogP contribution in [0, 0.1) is 60.4 Å². The second-order valence-electron chi connectivity index (χ2n) is 9.00. The van der Waals surface area contributed by atoms with Crippen molar-refractivity contribution in [3.8, 4) is 22.3 Å². The first-order valence-electron chi connectivity index (χ1n) is 12.0. The maximum atomic E-state index is 13.7. The lowest BCUT2D eigenvalue weighted by molar-refractivity contribution is 0.438. The zero-order valence-electron chi connectivity index (χ0n) is 21.6. The van der Waals surface area contributed by atoms with Gasteiger partial charge < -0.3 is 5.73 Å². The van der Waals surface area contributed by atoms with Crippen LogP contribution < -0.4 is 5.73 Å². The summed E-state index contributed by atoms with van der Waals surface area (Å²) in [6, 6.07) is 15.4. The molecule has 0 aliphatic heterocycles. The van der Waals surface area contributed by atoms with E-state index in [-0.39, 0.29) is 0 Å². The average molecular weight is 552 g/mol. The van der Waals surface area contributed by atoms with Gasteiger partial charge in [0, 0.05) is 5.56 Å². The lowest BCUT2D eigenvalue weighted by Gasteiger charge is -2.13. The molecule has 1 nitrogen and oxygen atoms in total. The number of hydrogen-bond donors (Lipinski definition) is 1. The highest BCUT2D eigenvalue weighted by atomic mass is 19.2. The highest BCUT2D eigenvalue weighted by molar-refractivity contribution is 5.77. The minimum Gasteiger partial charge on any atom is -0.394 e. The lowest BCUT2D eigenvalue weighted by atomic mass is 9.99. The third-order valence-electron chi connectivity index (χ3n) is 5.98. The molecule has 4 aromatic rings. The summed E-state index contributed by atoms with van der Waals surface area (Å²) in [4.78, 5) is 0. The zero-order chi connectivity index (χ0) is 29.2. The van der Waals surface area contributed by atoms with Crippen LogP contribution in [0.2, 0.25) is 0 Å². The van der Waals surface area contributed by atoms with Crippen molar-refractivity contribution in [2.45, 2.75) is 40.5 Å². The average Bonchev–Trinajstić information content (AvgIpc) is 3.28. The van der Waals surface area contributed by atoms with Gasteiger partial charge in [0.15, 0.2) is 46.5 Å². The lowest BCUT2D eigenvalue weighted by Crippen LogP contribution is -2.10. The summed E-state index contributed by atoms with van der Waals surface area (Å²) in [6.07, 6.45) is 2.35. The Morgan fingerprint density at radius 2 is 1.03 bits per heavy atom. The molecule has 5 rings (SSSR count). The van der Waals surface area contributed by atoms with Crippen molar-refractivity contribution >= 4 is 5.69 Å². The van der Waals surface area contributed by atoms with Gasteiger partial charge >= 0.3 is 0 Å². The molecule has 0 unspecified atom stereocenters. The molecule has 0 bridgehead atoms.